The zero-order chi connectivity index (χ0) is 18.8. The lowest BCUT2D eigenvalue weighted by Crippen LogP contribution is -2.30. The van der Waals surface area contributed by atoms with Gasteiger partial charge in [-0.15, -0.1) is 11.3 Å². The van der Waals surface area contributed by atoms with E-state index in [-0.39, 0.29) is 18.7 Å². The fraction of sp³-hybridized carbons (Fsp3) is 0.400. The highest BCUT2D eigenvalue weighted by molar-refractivity contribution is 7.18. The Morgan fingerprint density at radius 1 is 1.22 bits per heavy atom. The van der Waals surface area contributed by atoms with Crippen molar-refractivity contribution in [2.24, 2.45) is 0 Å². The number of fused-ring (bicyclic) bond motifs is 3. The van der Waals surface area contributed by atoms with E-state index in [1.54, 1.807) is 42.7 Å². The summed E-state index contributed by atoms with van der Waals surface area (Å²) in [6.07, 6.45) is 5.00. The van der Waals surface area contributed by atoms with Gasteiger partial charge in [0.1, 0.15) is 29.0 Å². The first-order valence-corrected chi connectivity index (χ1v) is 9.92. The SMILES string of the molecule is COc1ccc(OC[C@H](O)Cn2cnc3sc4c(c3c2=O)CCCC4)cc1. The number of rotatable bonds is 6. The predicted octanol–water partition coefficient (Wildman–Crippen LogP) is 2.79. The van der Waals surface area contributed by atoms with Gasteiger partial charge in [0.05, 0.1) is 25.4 Å². The van der Waals surface area contributed by atoms with E-state index in [1.807, 2.05) is 0 Å². The third-order valence-corrected chi connectivity index (χ3v) is 6.05. The summed E-state index contributed by atoms with van der Waals surface area (Å²) in [5.74, 6) is 1.38. The van der Waals surface area contributed by atoms with Crippen LogP contribution in [0.25, 0.3) is 10.2 Å². The molecule has 0 aliphatic heterocycles. The maximum Gasteiger partial charge on any atom is 0.262 e. The summed E-state index contributed by atoms with van der Waals surface area (Å²) in [6.45, 7) is 0.251. The van der Waals surface area contributed by atoms with E-state index in [0.717, 1.165) is 40.8 Å². The molecule has 0 bridgehead atoms. The molecule has 0 unspecified atom stereocenters. The molecule has 0 saturated heterocycles. The molecule has 1 aliphatic carbocycles. The first kappa shape index (κ1) is 18.0. The molecule has 3 aromatic rings. The Morgan fingerprint density at radius 2 is 1.96 bits per heavy atom. The largest absolute Gasteiger partial charge is 0.497 e. The molecule has 1 aromatic carbocycles. The molecule has 7 heteroatoms. The highest BCUT2D eigenvalue weighted by Crippen LogP contribution is 2.33. The summed E-state index contributed by atoms with van der Waals surface area (Å²) in [7, 11) is 1.60. The molecule has 2 heterocycles. The van der Waals surface area contributed by atoms with Crippen LogP contribution >= 0.6 is 11.3 Å². The molecule has 0 amide bonds. The summed E-state index contributed by atoms with van der Waals surface area (Å²) in [5.41, 5.74) is 1.10. The molecule has 0 fully saturated rings. The average molecular weight is 386 g/mol. The third kappa shape index (κ3) is 3.70. The van der Waals surface area contributed by atoms with Gasteiger partial charge in [-0.05, 0) is 55.5 Å². The van der Waals surface area contributed by atoms with E-state index in [4.69, 9.17) is 9.47 Å². The van der Waals surface area contributed by atoms with Gasteiger partial charge in [-0.2, -0.15) is 0 Å². The van der Waals surface area contributed by atoms with Crippen LogP contribution < -0.4 is 15.0 Å². The minimum atomic E-state index is -0.807. The van der Waals surface area contributed by atoms with Crippen LogP contribution in [-0.4, -0.2) is 34.5 Å². The Bertz CT molecular complexity index is 994. The second kappa shape index (κ2) is 7.70. The normalized spacial score (nSPS) is 14.7. The van der Waals surface area contributed by atoms with E-state index in [2.05, 4.69) is 4.98 Å². The molecule has 1 aliphatic rings. The van der Waals surface area contributed by atoms with Gasteiger partial charge in [-0.25, -0.2) is 4.98 Å². The van der Waals surface area contributed by atoms with Crippen LogP contribution in [0, 0.1) is 0 Å². The molecule has 142 valence electrons. The monoisotopic (exact) mass is 386 g/mol. The van der Waals surface area contributed by atoms with Gasteiger partial charge in [0.15, 0.2) is 0 Å². The van der Waals surface area contributed by atoms with Crippen molar-refractivity contribution in [1.29, 1.82) is 0 Å². The number of methoxy groups -OCH3 is 1. The molecule has 0 radical (unpaired) electrons. The quantitative estimate of drug-likeness (QED) is 0.705. The summed E-state index contributed by atoms with van der Waals surface area (Å²) in [4.78, 5) is 19.5. The van der Waals surface area contributed by atoms with Crippen molar-refractivity contribution in [2.75, 3.05) is 13.7 Å². The van der Waals surface area contributed by atoms with Crippen LogP contribution in [0.5, 0.6) is 11.5 Å². The number of benzene rings is 1. The number of aliphatic hydroxyl groups is 1. The smallest absolute Gasteiger partial charge is 0.262 e. The van der Waals surface area contributed by atoms with Crippen molar-refractivity contribution in [2.45, 2.75) is 38.3 Å². The fourth-order valence-electron chi connectivity index (χ4n) is 3.46. The number of hydrogen-bond donors (Lipinski definition) is 1. The minimum absolute atomic E-state index is 0.0668. The van der Waals surface area contributed by atoms with Crippen molar-refractivity contribution in [1.82, 2.24) is 9.55 Å². The van der Waals surface area contributed by atoms with Crippen molar-refractivity contribution in [3.8, 4) is 11.5 Å². The highest BCUT2D eigenvalue weighted by Gasteiger charge is 2.20. The predicted molar refractivity (Wildman–Crippen MR) is 105 cm³/mol. The second-order valence-corrected chi connectivity index (χ2v) is 7.82. The van der Waals surface area contributed by atoms with E-state index >= 15 is 0 Å². The van der Waals surface area contributed by atoms with Gasteiger partial charge >= 0.3 is 0 Å². The van der Waals surface area contributed by atoms with Crippen LogP contribution in [0.3, 0.4) is 0 Å². The second-order valence-electron chi connectivity index (χ2n) is 6.73. The van der Waals surface area contributed by atoms with E-state index in [1.165, 1.54) is 22.2 Å². The van der Waals surface area contributed by atoms with Crippen molar-refractivity contribution in [3.05, 3.63) is 51.4 Å². The number of aryl methyl sites for hydroxylation is 2. The zero-order valence-electron chi connectivity index (χ0n) is 15.2. The number of ether oxygens (including phenoxy) is 2. The van der Waals surface area contributed by atoms with Crippen LogP contribution in [0.15, 0.2) is 35.4 Å². The minimum Gasteiger partial charge on any atom is -0.497 e. The first-order chi connectivity index (χ1) is 13.2. The average Bonchev–Trinajstić information content (AvgIpc) is 3.08. The van der Waals surface area contributed by atoms with Crippen molar-refractivity contribution < 1.29 is 14.6 Å². The topological polar surface area (TPSA) is 73.6 Å². The van der Waals surface area contributed by atoms with Gasteiger partial charge < -0.3 is 14.6 Å². The molecule has 0 spiro atoms. The summed E-state index contributed by atoms with van der Waals surface area (Å²) >= 11 is 1.63. The van der Waals surface area contributed by atoms with Crippen molar-refractivity contribution in [3.63, 3.8) is 0 Å². The van der Waals surface area contributed by atoms with Crippen LogP contribution in [0.4, 0.5) is 0 Å². The fourth-order valence-corrected chi connectivity index (χ4v) is 4.67. The van der Waals surface area contributed by atoms with E-state index in [0.29, 0.717) is 5.75 Å². The Kier molecular flexibility index (Phi) is 5.13. The Balaban J connectivity index is 1.47. The summed E-state index contributed by atoms with van der Waals surface area (Å²) in [5, 5.41) is 11.1. The Labute approximate surface area is 161 Å². The Morgan fingerprint density at radius 3 is 2.74 bits per heavy atom. The van der Waals surface area contributed by atoms with Gasteiger partial charge in [0.25, 0.3) is 5.56 Å². The lowest BCUT2D eigenvalue weighted by Gasteiger charge is -2.14. The maximum absolute atomic E-state index is 12.9. The first-order valence-electron chi connectivity index (χ1n) is 9.10. The lowest BCUT2D eigenvalue weighted by molar-refractivity contribution is 0.0914. The molecule has 1 atom stereocenters. The molecule has 27 heavy (non-hydrogen) atoms. The number of nitrogens with zero attached hydrogens (tertiary/aromatic N) is 2. The summed E-state index contributed by atoms with van der Waals surface area (Å²) < 4.78 is 12.2. The Hall–Kier alpha value is -2.38. The van der Waals surface area contributed by atoms with E-state index < -0.39 is 6.10 Å². The molecule has 4 rings (SSSR count). The lowest BCUT2D eigenvalue weighted by atomic mass is 9.97. The number of aliphatic hydroxyl groups excluding tert-OH is 1. The van der Waals surface area contributed by atoms with Gasteiger partial charge in [-0.1, -0.05) is 0 Å². The van der Waals surface area contributed by atoms with Crippen molar-refractivity contribution >= 4 is 21.6 Å². The number of hydrogen-bond acceptors (Lipinski definition) is 6. The molecular weight excluding hydrogens is 364 g/mol. The highest BCUT2D eigenvalue weighted by atomic mass is 32.1. The molecule has 0 saturated carbocycles. The molecule has 2 aromatic heterocycles. The zero-order valence-corrected chi connectivity index (χ0v) is 16.0. The molecule has 6 nitrogen and oxygen atoms in total. The van der Waals surface area contributed by atoms with Crippen LogP contribution in [0.1, 0.15) is 23.3 Å². The standard InChI is InChI=1S/C20H22N2O4S/c1-25-14-6-8-15(9-7-14)26-11-13(23)10-22-12-21-19-18(20(22)24)16-4-2-3-5-17(16)27-19/h6-9,12-13,23H,2-5,10-11H2,1H3/t13-/m1/s1. The summed E-state index contributed by atoms with van der Waals surface area (Å²) in [6, 6.07) is 7.15. The maximum atomic E-state index is 12.9. The molecule has 1 N–H and O–H groups in total. The van der Waals surface area contributed by atoms with Crippen LogP contribution in [-0.2, 0) is 19.4 Å². The van der Waals surface area contributed by atoms with Gasteiger partial charge in [0.2, 0.25) is 0 Å². The number of thiophene rings is 1. The number of aromatic nitrogens is 2. The molecular formula is C20H22N2O4S. The van der Waals surface area contributed by atoms with Gasteiger partial charge in [-0.3, -0.25) is 9.36 Å². The van der Waals surface area contributed by atoms with Crippen LogP contribution in [0.2, 0.25) is 0 Å². The van der Waals surface area contributed by atoms with E-state index in [9.17, 15) is 9.90 Å². The van der Waals surface area contributed by atoms with Gasteiger partial charge in [0, 0.05) is 4.88 Å². The third-order valence-electron chi connectivity index (χ3n) is 4.85.